The van der Waals surface area contributed by atoms with Crippen LogP contribution in [0.2, 0.25) is 5.02 Å². The van der Waals surface area contributed by atoms with Gasteiger partial charge in [0.2, 0.25) is 0 Å². The van der Waals surface area contributed by atoms with Gasteiger partial charge in [0.25, 0.3) is 11.6 Å². The summed E-state index contributed by atoms with van der Waals surface area (Å²) in [6, 6.07) is 0.0725. The van der Waals surface area contributed by atoms with Crippen LogP contribution in [0, 0.1) is 5.82 Å². The summed E-state index contributed by atoms with van der Waals surface area (Å²) < 4.78 is 40.5. The lowest BCUT2D eigenvalue weighted by molar-refractivity contribution is 0.107. The molecule has 32 heavy (non-hydrogen) atoms. The summed E-state index contributed by atoms with van der Waals surface area (Å²) in [6.45, 7) is 3.64. The first-order valence-corrected chi connectivity index (χ1v) is 11.9. The van der Waals surface area contributed by atoms with E-state index < -0.39 is 23.1 Å². The highest BCUT2D eigenvalue weighted by Crippen LogP contribution is 2.42. The molecule has 0 bridgehead atoms. The number of fused-ring (bicyclic) bond motifs is 2. The van der Waals surface area contributed by atoms with E-state index in [0.29, 0.717) is 19.4 Å². The van der Waals surface area contributed by atoms with E-state index in [-0.39, 0.29) is 51.4 Å². The fourth-order valence-electron chi connectivity index (χ4n) is 4.57. The highest BCUT2D eigenvalue weighted by atomic mass is 79.9. The van der Waals surface area contributed by atoms with Crippen LogP contribution in [0.3, 0.4) is 0 Å². The Morgan fingerprint density at radius 3 is 3.00 bits per heavy atom. The van der Waals surface area contributed by atoms with E-state index in [4.69, 9.17) is 21.1 Å². The number of aromatic nitrogens is 2. The lowest BCUT2D eigenvalue weighted by Gasteiger charge is -2.30. The Morgan fingerprint density at radius 2 is 2.25 bits per heavy atom. The Hall–Kier alpha value is -1.49. The van der Waals surface area contributed by atoms with Crippen LogP contribution in [-0.4, -0.2) is 66.0 Å². The van der Waals surface area contributed by atoms with Gasteiger partial charge in [-0.3, -0.25) is 14.7 Å². The van der Waals surface area contributed by atoms with Gasteiger partial charge in [-0.1, -0.05) is 11.6 Å². The van der Waals surface area contributed by atoms with Gasteiger partial charge in [0.15, 0.2) is 11.6 Å². The topological polar surface area (TPSA) is 79.5 Å². The molecule has 2 saturated heterocycles. The zero-order valence-electron chi connectivity index (χ0n) is 17.9. The first kappa shape index (κ1) is 23.7. The molecule has 1 aromatic carbocycles. The molecule has 7 nitrogen and oxygen atoms in total. The molecule has 2 aromatic rings. The number of aromatic amines is 1. The van der Waals surface area contributed by atoms with Gasteiger partial charge in [0.1, 0.15) is 28.7 Å². The molecule has 176 valence electrons. The number of ether oxygens (including phenoxy) is 2. The van der Waals surface area contributed by atoms with Crippen molar-refractivity contribution in [2.75, 3.05) is 33.4 Å². The number of H-pyrrole nitrogens is 1. The summed E-state index contributed by atoms with van der Waals surface area (Å²) in [5.41, 5.74) is -1.23. The van der Waals surface area contributed by atoms with E-state index in [1.54, 1.807) is 0 Å². The summed E-state index contributed by atoms with van der Waals surface area (Å²) in [4.78, 5) is 21.7. The van der Waals surface area contributed by atoms with Crippen molar-refractivity contribution in [1.29, 1.82) is 0 Å². The first-order valence-electron chi connectivity index (χ1n) is 10.7. The third kappa shape index (κ3) is 4.34. The third-order valence-corrected chi connectivity index (χ3v) is 7.78. The standard InChI is InChI=1S/C21H26BrClF2N4O3/c1-11(26-2)4-7-31-18-13-17(16(25)14(22)15(18)23)27-20(28-19(13)30)32-10-21-5-3-6-29(21)9-12(24)8-21/h11-12,26H,3-10H2,1-2H3,(H,27,28,30)/t11?,12-,21+/m1/s1. The molecule has 1 unspecified atom stereocenters. The summed E-state index contributed by atoms with van der Waals surface area (Å²) >= 11 is 9.41. The van der Waals surface area contributed by atoms with E-state index in [1.165, 1.54) is 0 Å². The molecule has 2 aliphatic rings. The minimum atomic E-state index is -0.900. The lowest BCUT2D eigenvalue weighted by atomic mass is 9.95. The molecule has 11 heteroatoms. The third-order valence-electron chi connectivity index (χ3n) is 6.45. The van der Waals surface area contributed by atoms with E-state index in [9.17, 15) is 13.6 Å². The molecular formula is C21H26BrClF2N4O3. The van der Waals surface area contributed by atoms with Gasteiger partial charge in [-0.25, -0.2) is 8.78 Å². The number of benzene rings is 1. The number of hydrogen-bond donors (Lipinski definition) is 2. The van der Waals surface area contributed by atoms with Crippen molar-refractivity contribution in [3.63, 3.8) is 0 Å². The van der Waals surface area contributed by atoms with Gasteiger partial charge < -0.3 is 14.8 Å². The monoisotopic (exact) mass is 534 g/mol. The molecule has 0 aliphatic carbocycles. The predicted molar refractivity (Wildman–Crippen MR) is 122 cm³/mol. The average molecular weight is 536 g/mol. The Bertz CT molecular complexity index is 1070. The molecule has 3 heterocycles. The van der Waals surface area contributed by atoms with Crippen molar-refractivity contribution in [2.24, 2.45) is 0 Å². The van der Waals surface area contributed by atoms with Gasteiger partial charge >= 0.3 is 0 Å². The quantitative estimate of drug-likeness (QED) is 0.501. The molecular weight excluding hydrogens is 510 g/mol. The maximum Gasteiger partial charge on any atom is 0.297 e. The Kier molecular flexibility index (Phi) is 6.95. The summed E-state index contributed by atoms with van der Waals surface area (Å²) in [5.74, 6) is -0.711. The van der Waals surface area contributed by atoms with Crippen LogP contribution in [0.5, 0.6) is 11.8 Å². The SMILES string of the molecule is CNC(C)CCOc1c(Cl)c(Br)c(F)c2nc(OC[C@@]34CCCN3C[C@H](F)C4)[nH]c(=O)c12. The smallest absolute Gasteiger partial charge is 0.297 e. The molecule has 2 fully saturated rings. The minimum Gasteiger partial charge on any atom is -0.491 e. The molecule has 0 radical (unpaired) electrons. The van der Waals surface area contributed by atoms with Crippen molar-refractivity contribution < 1.29 is 18.3 Å². The highest BCUT2D eigenvalue weighted by molar-refractivity contribution is 9.10. The minimum absolute atomic E-state index is 0.0338. The molecule has 0 spiro atoms. The fourth-order valence-corrected chi connectivity index (χ4v) is 5.17. The van der Waals surface area contributed by atoms with Crippen molar-refractivity contribution in [3.8, 4) is 11.8 Å². The van der Waals surface area contributed by atoms with E-state index in [0.717, 1.165) is 19.4 Å². The maximum absolute atomic E-state index is 15.0. The Morgan fingerprint density at radius 1 is 1.47 bits per heavy atom. The van der Waals surface area contributed by atoms with E-state index >= 15 is 0 Å². The van der Waals surface area contributed by atoms with Gasteiger partial charge in [0.05, 0.1) is 16.6 Å². The van der Waals surface area contributed by atoms with Crippen molar-refractivity contribution in [1.82, 2.24) is 20.2 Å². The Balaban J connectivity index is 1.63. The fraction of sp³-hybridized carbons (Fsp3) is 0.619. The molecule has 2 aliphatic heterocycles. The molecule has 0 amide bonds. The van der Waals surface area contributed by atoms with Crippen LogP contribution >= 0.6 is 27.5 Å². The maximum atomic E-state index is 15.0. The van der Waals surface area contributed by atoms with Crippen molar-refractivity contribution >= 4 is 38.4 Å². The van der Waals surface area contributed by atoms with Crippen LogP contribution in [0.1, 0.15) is 32.6 Å². The zero-order chi connectivity index (χ0) is 23.0. The summed E-state index contributed by atoms with van der Waals surface area (Å²) in [6.07, 6.45) is 1.91. The molecule has 2 N–H and O–H groups in total. The van der Waals surface area contributed by atoms with Crippen LogP contribution in [0.4, 0.5) is 8.78 Å². The number of halogens is 4. The summed E-state index contributed by atoms with van der Waals surface area (Å²) in [5, 5.41) is 2.98. The van der Waals surface area contributed by atoms with Crippen LogP contribution < -0.4 is 20.3 Å². The number of nitrogens with zero attached hydrogens (tertiary/aromatic N) is 2. The second-order valence-electron chi connectivity index (χ2n) is 8.56. The summed E-state index contributed by atoms with van der Waals surface area (Å²) in [7, 11) is 1.83. The number of alkyl halides is 1. The second-order valence-corrected chi connectivity index (χ2v) is 9.73. The van der Waals surface area contributed by atoms with Gasteiger partial charge in [0, 0.05) is 19.0 Å². The number of nitrogens with one attached hydrogen (secondary N) is 2. The molecule has 4 rings (SSSR count). The predicted octanol–water partition coefficient (Wildman–Crippen LogP) is 3.81. The van der Waals surface area contributed by atoms with Gasteiger partial charge in [-0.15, -0.1) is 0 Å². The lowest BCUT2D eigenvalue weighted by Crippen LogP contribution is -2.43. The largest absolute Gasteiger partial charge is 0.491 e. The molecule has 3 atom stereocenters. The van der Waals surface area contributed by atoms with Gasteiger partial charge in [-0.05, 0) is 55.7 Å². The van der Waals surface area contributed by atoms with E-state index in [1.807, 2.05) is 14.0 Å². The zero-order valence-corrected chi connectivity index (χ0v) is 20.3. The Labute approximate surface area is 197 Å². The highest BCUT2D eigenvalue weighted by Gasteiger charge is 2.49. The molecule has 1 aromatic heterocycles. The second kappa shape index (κ2) is 9.40. The van der Waals surface area contributed by atoms with Crippen LogP contribution in [-0.2, 0) is 0 Å². The van der Waals surface area contributed by atoms with Gasteiger partial charge in [-0.2, -0.15) is 4.98 Å². The van der Waals surface area contributed by atoms with Crippen LogP contribution in [0.25, 0.3) is 10.9 Å². The van der Waals surface area contributed by atoms with E-state index in [2.05, 4.69) is 36.1 Å². The number of hydrogen-bond acceptors (Lipinski definition) is 6. The average Bonchev–Trinajstić information content (AvgIpc) is 3.28. The van der Waals surface area contributed by atoms with Crippen molar-refractivity contribution in [2.45, 2.75) is 50.4 Å². The first-order chi connectivity index (χ1) is 15.3. The normalized spacial score (nSPS) is 24.1. The van der Waals surface area contributed by atoms with Crippen LogP contribution in [0.15, 0.2) is 9.27 Å². The molecule has 0 saturated carbocycles. The van der Waals surface area contributed by atoms with Crippen molar-refractivity contribution in [3.05, 3.63) is 25.7 Å². The number of rotatable bonds is 8.